The van der Waals surface area contributed by atoms with Crippen LogP contribution in [0.1, 0.15) is 52.9 Å². The molecule has 0 heterocycles. The van der Waals surface area contributed by atoms with Crippen LogP contribution in [0.25, 0.3) is 0 Å². The smallest absolute Gasteiger partial charge is 0.236 e. The van der Waals surface area contributed by atoms with Gasteiger partial charge in [-0.1, -0.05) is 19.8 Å². The monoisotopic (exact) mass is 269 g/mol. The normalized spacial score (nSPS) is 18.4. The minimum atomic E-state index is -0.100. The molecule has 1 rings (SSSR count). The Morgan fingerprint density at radius 2 is 2.00 bits per heavy atom. The molecule has 0 radical (unpaired) electrons. The molecule has 2 unspecified atom stereocenters. The van der Waals surface area contributed by atoms with E-state index in [4.69, 9.17) is 0 Å². The van der Waals surface area contributed by atoms with E-state index in [1.807, 2.05) is 6.92 Å². The summed E-state index contributed by atoms with van der Waals surface area (Å²) in [5, 5.41) is 6.32. The molecule has 0 aromatic rings. The number of nitrogens with zero attached hydrogens (tertiary/aromatic N) is 1. The Morgan fingerprint density at radius 1 is 1.32 bits per heavy atom. The fourth-order valence-corrected chi connectivity index (χ4v) is 2.17. The number of rotatable bonds is 10. The van der Waals surface area contributed by atoms with Crippen molar-refractivity contribution in [1.82, 2.24) is 15.5 Å². The predicted molar refractivity (Wildman–Crippen MR) is 80.2 cm³/mol. The summed E-state index contributed by atoms with van der Waals surface area (Å²) in [6, 6.07) is 1.16. The van der Waals surface area contributed by atoms with Gasteiger partial charge in [0.25, 0.3) is 0 Å². The molecule has 0 spiro atoms. The van der Waals surface area contributed by atoms with E-state index in [1.54, 1.807) is 0 Å². The number of unbranched alkanes of at least 4 members (excludes halogenated alkanes) is 2. The lowest BCUT2D eigenvalue weighted by atomic mass is 10.2. The van der Waals surface area contributed by atoms with Gasteiger partial charge >= 0.3 is 0 Å². The van der Waals surface area contributed by atoms with Crippen LogP contribution < -0.4 is 10.6 Å². The lowest BCUT2D eigenvalue weighted by Gasteiger charge is -2.26. The van der Waals surface area contributed by atoms with Gasteiger partial charge in [-0.25, -0.2) is 0 Å². The summed E-state index contributed by atoms with van der Waals surface area (Å²) >= 11 is 0. The summed E-state index contributed by atoms with van der Waals surface area (Å²) in [6.45, 7) is 8.01. The second-order valence-corrected chi connectivity index (χ2v) is 5.87. The van der Waals surface area contributed by atoms with E-state index in [1.165, 1.54) is 25.7 Å². The van der Waals surface area contributed by atoms with Crippen LogP contribution in [-0.2, 0) is 4.79 Å². The largest absolute Gasteiger partial charge is 0.355 e. The zero-order valence-corrected chi connectivity index (χ0v) is 13.0. The SMILES string of the molecule is CCCCCNC(=O)C(C)NCC(C)N(C)C1CC1. The molecule has 0 saturated heterocycles. The quantitative estimate of drug-likeness (QED) is 0.594. The number of hydrogen-bond donors (Lipinski definition) is 2. The molecular formula is C15H31N3O. The first kappa shape index (κ1) is 16.4. The van der Waals surface area contributed by atoms with Gasteiger partial charge in [0, 0.05) is 25.2 Å². The summed E-state index contributed by atoms with van der Waals surface area (Å²) in [5.41, 5.74) is 0. The highest BCUT2D eigenvalue weighted by atomic mass is 16.2. The number of likely N-dealkylation sites (N-methyl/N-ethyl adjacent to an activating group) is 1. The van der Waals surface area contributed by atoms with Gasteiger partial charge in [0.1, 0.15) is 0 Å². The highest BCUT2D eigenvalue weighted by molar-refractivity contribution is 5.81. The van der Waals surface area contributed by atoms with Crippen molar-refractivity contribution in [3.05, 3.63) is 0 Å². The fraction of sp³-hybridized carbons (Fsp3) is 0.933. The second-order valence-electron chi connectivity index (χ2n) is 5.87. The maximum absolute atomic E-state index is 11.8. The molecule has 1 aliphatic carbocycles. The van der Waals surface area contributed by atoms with E-state index in [9.17, 15) is 4.79 Å². The van der Waals surface area contributed by atoms with Crippen molar-refractivity contribution >= 4 is 5.91 Å². The van der Waals surface area contributed by atoms with Crippen molar-refractivity contribution in [3.8, 4) is 0 Å². The standard InChI is InChI=1S/C15H31N3O/c1-5-6-7-10-16-15(19)13(3)17-11-12(2)18(4)14-8-9-14/h12-14,17H,5-11H2,1-4H3,(H,16,19). The van der Waals surface area contributed by atoms with Crippen LogP contribution >= 0.6 is 0 Å². The topological polar surface area (TPSA) is 44.4 Å². The Balaban J connectivity index is 2.11. The highest BCUT2D eigenvalue weighted by Crippen LogP contribution is 2.26. The summed E-state index contributed by atoms with van der Waals surface area (Å²) in [7, 11) is 2.18. The van der Waals surface area contributed by atoms with Crippen molar-refractivity contribution in [2.24, 2.45) is 0 Å². The maximum Gasteiger partial charge on any atom is 0.236 e. The average molecular weight is 269 g/mol. The Labute approximate surface area is 118 Å². The van der Waals surface area contributed by atoms with Crippen LogP contribution in [0, 0.1) is 0 Å². The summed E-state index contributed by atoms with van der Waals surface area (Å²) in [4.78, 5) is 14.3. The molecule has 1 fully saturated rings. The van der Waals surface area contributed by atoms with Gasteiger partial charge in [-0.05, 0) is 40.2 Å². The Kier molecular flexibility index (Phi) is 7.39. The van der Waals surface area contributed by atoms with E-state index in [0.717, 1.165) is 25.6 Å². The number of amides is 1. The molecule has 112 valence electrons. The van der Waals surface area contributed by atoms with Gasteiger partial charge in [-0.3, -0.25) is 9.69 Å². The minimum Gasteiger partial charge on any atom is -0.355 e. The molecule has 2 N–H and O–H groups in total. The second kappa shape index (κ2) is 8.54. The molecular weight excluding hydrogens is 238 g/mol. The van der Waals surface area contributed by atoms with Gasteiger partial charge in [-0.15, -0.1) is 0 Å². The van der Waals surface area contributed by atoms with Gasteiger partial charge in [0.2, 0.25) is 5.91 Å². The lowest BCUT2D eigenvalue weighted by molar-refractivity contribution is -0.122. The predicted octanol–water partition coefficient (Wildman–Crippen LogP) is 1.75. The molecule has 2 atom stereocenters. The zero-order valence-electron chi connectivity index (χ0n) is 13.0. The van der Waals surface area contributed by atoms with Crippen LogP contribution in [0.4, 0.5) is 0 Å². The summed E-state index contributed by atoms with van der Waals surface area (Å²) in [5.74, 6) is 0.123. The van der Waals surface area contributed by atoms with Crippen LogP contribution in [0.2, 0.25) is 0 Å². The third-order valence-electron chi connectivity index (χ3n) is 4.01. The number of carbonyl (C=O) groups excluding carboxylic acids is 1. The first-order valence-electron chi connectivity index (χ1n) is 7.79. The van der Waals surface area contributed by atoms with E-state index in [0.29, 0.717) is 6.04 Å². The van der Waals surface area contributed by atoms with Crippen LogP contribution in [-0.4, -0.2) is 49.1 Å². The molecule has 0 aromatic heterocycles. The average Bonchev–Trinajstić information content (AvgIpc) is 3.23. The molecule has 19 heavy (non-hydrogen) atoms. The third-order valence-corrected chi connectivity index (χ3v) is 4.01. The lowest BCUT2D eigenvalue weighted by Crippen LogP contribution is -2.47. The first-order chi connectivity index (χ1) is 9.06. The molecule has 0 bridgehead atoms. The molecule has 1 aliphatic rings. The van der Waals surface area contributed by atoms with Crippen LogP contribution in [0.5, 0.6) is 0 Å². The third kappa shape index (κ3) is 6.39. The highest BCUT2D eigenvalue weighted by Gasteiger charge is 2.29. The minimum absolute atomic E-state index is 0.100. The molecule has 4 nitrogen and oxygen atoms in total. The van der Waals surface area contributed by atoms with E-state index in [-0.39, 0.29) is 11.9 Å². The molecule has 1 amide bonds. The van der Waals surface area contributed by atoms with Crippen molar-refractivity contribution in [1.29, 1.82) is 0 Å². The number of nitrogens with one attached hydrogen (secondary N) is 2. The van der Waals surface area contributed by atoms with Gasteiger partial charge in [0.15, 0.2) is 0 Å². The zero-order chi connectivity index (χ0) is 14.3. The number of hydrogen-bond acceptors (Lipinski definition) is 3. The fourth-order valence-electron chi connectivity index (χ4n) is 2.17. The van der Waals surface area contributed by atoms with E-state index < -0.39 is 0 Å². The number of carbonyl (C=O) groups is 1. The van der Waals surface area contributed by atoms with Crippen molar-refractivity contribution in [2.75, 3.05) is 20.1 Å². The van der Waals surface area contributed by atoms with Crippen LogP contribution in [0.15, 0.2) is 0 Å². The molecule has 1 saturated carbocycles. The summed E-state index contributed by atoms with van der Waals surface area (Å²) in [6.07, 6.45) is 6.11. The van der Waals surface area contributed by atoms with E-state index >= 15 is 0 Å². The Hall–Kier alpha value is -0.610. The molecule has 0 aromatic carbocycles. The summed E-state index contributed by atoms with van der Waals surface area (Å²) < 4.78 is 0. The van der Waals surface area contributed by atoms with Crippen molar-refractivity contribution < 1.29 is 4.79 Å². The van der Waals surface area contributed by atoms with Gasteiger partial charge in [-0.2, -0.15) is 0 Å². The van der Waals surface area contributed by atoms with Gasteiger partial charge in [0.05, 0.1) is 6.04 Å². The van der Waals surface area contributed by atoms with Crippen molar-refractivity contribution in [3.63, 3.8) is 0 Å². The molecule has 4 heteroatoms. The van der Waals surface area contributed by atoms with Crippen LogP contribution in [0.3, 0.4) is 0 Å². The maximum atomic E-state index is 11.8. The van der Waals surface area contributed by atoms with Gasteiger partial charge < -0.3 is 10.6 Å². The van der Waals surface area contributed by atoms with E-state index in [2.05, 4.69) is 36.4 Å². The Morgan fingerprint density at radius 3 is 2.58 bits per heavy atom. The van der Waals surface area contributed by atoms with Crippen molar-refractivity contribution in [2.45, 2.75) is 71.0 Å². The molecule has 0 aliphatic heterocycles. The first-order valence-corrected chi connectivity index (χ1v) is 7.79. The Bertz CT molecular complexity index is 266.